The molecule has 4 N–H and O–H groups in total. The molecule has 4 fully saturated rings. The molecule has 4 aliphatic rings. The average Bonchev–Trinajstić information content (AvgIpc) is 3.35. The molecule has 3 aromatic carbocycles. The van der Waals surface area contributed by atoms with Gasteiger partial charge in [0.15, 0.2) is 0 Å². The number of anilines is 7. The van der Waals surface area contributed by atoms with Gasteiger partial charge in [0.25, 0.3) is 0 Å². The summed E-state index contributed by atoms with van der Waals surface area (Å²) in [5.41, 5.74) is 7.32. The van der Waals surface area contributed by atoms with Crippen molar-refractivity contribution in [1.29, 1.82) is 0 Å². The van der Waals surface area contributed by atoms with Crippen molar-refractivity contribution in [3.05, 3.63) is 77.2 Å². The largest absolute Gasteiger partial charge is 0.494 e. The number of amides is 2. The van der Waals surface area contributed by atoms with Gasteiger partial charge < -0.3 is 40.0 Å². The number of aryl methyl sites for hydroxylation is 1. The van der Waals surface area contributed by atoms with Gasteiger partial charge in [0, 0.05) is 107 Å². The fourth-order valence-corrected chi connectivity index (χ4v) is 12.0. The predicted octanol–water partition coefficient (Wildman–Crippen LogP) is 7.60. The molecule has 0 aliphatic carbocycles. The number of hydrogen-bond donors (Lipinski definition) is 4. The molecule has 68 heavy (non-hydrogen) atoms. The Morgan fingerprint density at radius 3 is 2.28 bits per heavy atom. The number of benzene rings is 3. The van der Waals surface area contributed by atoms with Crippen molar-refractivity contribution in [1.82, 2.24) is 35.1 Å². The third kappa shape index (κ3) is 11.1. The minimum absolute atomic E-state index is 0.195. The lowest BCUT2D eigenvalue weighted by Crippen LogP contribution is -2.53. The summed E-state index contributed by atoms with van der Waals surface area (Å²) in [6.07, 6.45) is 12.7. The maximum atomic E-state index is 13.5. The molecule has 5 aromatic rings. The lowest BCUT2D eigenvalue weighted by atomic mass is 9.93. The molecule has 2 aromatic heterocycles. The summed E-state index contributed by atoms with van der Waals surface area (Å²) in [6, 6.07) is 16.7. The number of ether oxygens (including phenoxy) is 1. The van der Waals surface area contributed by atoms with E-state index in [0.29, 0.717) is 57.1 Å². The van der Waals surface area contributed by atoms with Crippen molar-refractivity contribution in [3.8, 4) is 5.75 Å². The van der Waals surface area contributed by atoms with E-state index in [4.69, 9.17) is 9.72 Å². The molecule has 6 heterocycles. The van der Waals surface area contributed by atoms with Gasteiger partial charge in [0.05, 0.1) is 33.8 Å². The van der Waals surface area contributed by atoms with Crippen molar-refractivity contribution >= 4 is 91.4 Å². The van der Waals surface area contributed by atoms with Crippen molar-refractivity contribution in [3.63, 3.8) is 0 Å². The van der Waals surface area contributed by atoms with Crippen LogP contribution in [0.5, 0.6) is 5.75 Å². The number of halogens is 1. The Kier molecular flexibility index (Phi) is 14.8. The van der Waals surface area contributed by atoms with E-state index >= 15 is 0 Å². The van der Waals surface area contributed by atoms with Gasteiger partial charge in [-0.25, -0.2) is 4.98 Å². The molecular formula is C50H64BrN12O4P. The van der Waals surface area contributed by atoms with Gasteiger partial charge in [-0.2, -0.15) is 4.98 Å². The van der Waals surface area contributed by atoms with Crippen LogP contribution in [0.15, 0.2) is 71.6 Å². The number of piperidine rings is 3. The Morgan fingerprint density at radius 2 is 1.57 bits per heavy atom. The number of imide groups is 1. The molecule has 4 saturated heterocycles. The van der Waals surface area contributed by atoms with E-state index < -0.39 is 7.14 Å². The molecule has 16 nitrogen and oxygen atoms in total. The number of aromatic nitrogens is 4. The standard InChI is InChI=1S/C50H64BrN12O4P/c1-5-34-30-42(57-50-54-32-38(51)48(59-50)56-40-11-10-39-46(53-20-19-52-39)47(40)68(3,4)66)44(67-2)31-43(34)63-24-17-37(18-25-63)62-28-26-60(27-29-62)21-14-33-15-22-61(23-16-33)36-8-6-35(7-9-36)55-41-12-13-45(64)58-49(41)65/h6-11,19-20,30-33,37,41,55H,5,12-18,21-29H2,1-4H3,(H,58,64,65)(H2,54,56,57,59). The molecule has 0 radical (unpaired) electrons. The number of nitrogens with zero attached hydrogens (tertiary/aromatic N) is 8. The van der Waals surface area contributed by atoms with E-state index in [1.807, 2.05) is 24.3 Å². The van der Waals surface area contributed by atoms with Crippen LogP contribution in [0.25, 0.3) is 11.0 Å². The summed E-state index contributed by atoms with van der Waals surface area (Å²) in [5, 5.41) is 13.2. The summed E-state index contributed by atoms with van der Waals surface area (Å²) in [7, 11) is -1.06. The molecule has 0 saturated carbocycles. The smallest absolute Gasteiger partial charge is 0.249 e. The third-order valence-corrected chi connectivity index (χ3v) is 16.3. The highest BCUT2D eigenvalue weighted by molar-refractivity contribution is 9.10. The number of piperazine rings is 1. The second-order valence-corrected chi connectivity index (χ2v) is 22.9. The van der Waals surface area contributed by atoms with Crippen LogP contribution in [-0.2, 0) is 20.6 Å². The van der Waals surface area contributed by atoms with Crippen LogP contribution in [0.3, 0.4) is 0 Å². The maximum absolute atomic E-state index is 13.5. The van der Waals surface area contributed by atoms with E-state index in [1.54, 1.807) is 39.0 Å². The van der Waals surface area contributed by atoms with E-state index in [9.17, 15) is 14.2 Å². The molecule has 360 valence electrons. The number of carbonyl (C=O) groups is 2. The lowest BCUT2D eigenvalue weighted by Gasteiger charge is -2.44. The van der Waals surface area contributed by atoms with Crippen LogP contribution in [0, 0.1) is 5.92 Å². The zero-order chi connectivity index (χ0) is 47.4. The lowest BCUT2D eigenvalue weighted by molar-refractivity contribution is -0.133. The van der Waals surface area contributed by atoms with E-state index in [0.717, 1.165) is 94.7 Å². The number of nitrogens with one attached hydrogen (secondary N) is 4. The highest BCUT2D eigenvalue weighted by Crippen LogP contribution is 2.42. The molecule has 1 unspecified atom stereocenters. The fraction of sp³-hybridized carbons (Fsp3) is 0.480. The molecule has 4 aliphatic heterocycles. The van der Waals surface area contributed by atoms with Crippen LogP contribution in [-0.4, -0.2) is 133 Å². The van der Waals surface area contributed by atoms with Crippen LogP contribution < -0.4 is 41.1 Å². The van der Waals surface area contributed by atoms with E-state index in [1.165, 1.54) is 42.7 Å². The minimum atomic E-state index is -2.77. The van der Waals surface area contributed by atoms with E-state index in [2.05, 4.69) is 103 Å². The topological polar surface area (TPSA) is 173 Å². The Labute approximate surface area is 407 Å². The molecule has 0 spiro atoms. The van der Waals surface area contributed by atoms with Crippen LogP contribution in [0.1, 0.15) is 57.4 Å². The van der Waals surface area contributed by atoms with Crippen LogP contribution in [0.4, 0.5) is 40.2 Å². The highest BCUT2D eigenvalue weighted by atomic mass is 79.9. The van der Waals surface area contributed by atoms with Gasteiger partial charge >= 0.3 is 0 Å². The second-order valence-electron chi connectivity index (χ2n) is 18.9. The number of fused-ring (bicyclic) bond motifs is 1. The summed E-state index contributed by atoms with van der Waals surface area (Å²) >= 11 is 3.61. The van der Waals surface area contributed by atoms with Gasteiger partial charge in [-0.15, -0.1) is 0 Å². The predicted molar refractivity (Wildman–Crippen MR) is 276 cm³/mol. The first kappa shape index (κ1) is 47.7. The Morgan fingerprint density at radius 1 is 0.838 bits per heavy atom. The molecule has 0 bridgehead atoms. The number of carbonyl (C=O) groups excluding carboxylic acids is 2. The number of methoxy groups -OCH3 is 1. The van der Waals surface area contributed by atoms with Crippen molar-refractivity contribution < 1.29 is 18.9 Å². The first-order chi connectivity index (χ1) is 32.9. The van der Waals surface area contributed by atoms with Crippen molar-refractivity contribution in [2.75, 3.05) is 105 Å². The zero-order valence-electron chi connectivity index (χ0n) is 39.6. The summed E-state index contributed by atoms with van der Waals surface area (Å²) in [6.45, 7) is 15.6. The quantitative estimate of drug-likeness (QED) is 0.0596. The van der Waals surface area contributed by atoms with Crippen LogP contribution >= 0.6 is 23.1 Å². The zero-order valence-corrected chi connectivity index (χ0v) is 42.1. The molecule has 18 heteroatoms. The monoisotopic (exact) mass is 1010 g/mol. The van der Waals surface area contributed by atoms with Gasteiger partial charge in [-0.05, 0) is 135 Å². The van der Waals surface area contributed by atoms with Gasteiger partial charge in [0.1, 0.15) is 30.3 Å². The van der Waals surface area contributed by atoms with Crippen molar-refractivity contribution in [2.45, 2.75) is 70.4 Å². The van der Waals surface area contributed by atoms with E-state index in [-0.39, 0.29) is 17.9 Å². The Hall–Kier alpha value is -5.35. The summed E-state index contributed by atoms with van der Waals surface area (Å²) in [5.74, 6) is 1.96. The van der Waals surface area contributed by atoms with Crippen molar-refractivity contribution in [2.24, 2.45) is 5.92 Å². The minimum Gasteiger partial charge on any atom is -0.494 e. The van der Waals surface area contributed by atoms with Gasteiger partial charge in [-0.3, -0.25) is 29.8 Å². The first-order valence-electron chi connectivity index (χ1n) is 24.2. The number of hydrogen-bond acceptors (Lipinski definition) is 15. The van der Waals surface area contributed by atoms with Gasteiger partial charge in [0.2, 0.25) is 17.8 Å². The third-order valence-electron chi connectivity index (χ3n) is 14.2. The summed E-state index contributed by atoms with van der Waals surface area (Å²) in [4.78, 5) is 52.5. The number of rotatable bonds is 15. The van der Waals surface area contributed by atoms with Crippen LogP contribution in [0.2, 0.25) is 0 Å². The molecule has 2 amide bonds. The Bertz CT molecular complexity index is 2640. The average molecular weight is 1010 g/mol. The normalized spacial score (nSPS) is 19.3. The first-order valence-corrected chi connectivity index (χ1v) is 27.5. The molecular weight excluding hydrogens is 944 g/mol. The molecule has 1 atom stereocenters. The SMILES string of the molecule is CCc1cc(Nc2ncc(Br)c(Nc3ccc4nccnc4c3P(C)(C)=O)n2)c(OC)cc1N1CCC(N2CCN(CCC3CCN(c4ccc(NC5CCC(=O)NC5=O)cc4)CC3)CC2)CC1. The summed E-state index contributed by atoms with van der Waals surface area (Å²) < 4.78 is 20.2. The fourth-order valence-electron chi connectivity index (χ4n) is 10.4. The second kappa shape index (κ2) is 21.1. The maximum Gasteiger partial charge on any atom is 0.249 e. The Balaban J connectivity index is 0.736. The molecule has 9 rings (SSSR count). The van der Waals surface area contributed by atoms with Gasteiger partial charge in [-0.1, -0.05) is 6.92 Å². The highest BCUT2D eigenvalue weighted by Gasteiger charge is 2.31.